The van der Waals surface area contributed by atoms with E-state index < -0.39 is 18.1 Å². The Bertz CT molecular complexity index is 1840. The Morgan fingerprint density at radius 3 is 2.57 bits per heavy atom. The summed E-state index contributed by atoms with van der Waals surface area (Å²) in [5, 5.41) is 49.5. The van der Waals surface area contributed by atoms with E-state index in [0.29, 0.717) is 73.9 Å². The highest BCUT2D eigenvalue weighted by molar-refractivity contribution is 5.88. The Hall–Kier alpha value is -3.90. The number of phenols is 2. The van der Waals surface area contributed by atoms with Gasteiger partial charge < -0.3 is 30.5 Å². The minimum absolute atomic E-state index is 0.00289. The second-order valence-corrected chi connectivity index (χ2v) is 16.3. The average molecular weight is 724 g/mol. The molecule has 0 aromatic heterocycles. The molecule has 5 N–H and O–H groups in total. The number of ketones is 2. The van der Waals surface area contributed by atoms with Crippen LogP contribution in [0.1, 0.15) is 119 Å². The summed E-state index contributed by atoms with van der Waals surface area (Å²) in [6, 6.07) is 13.2. The van der Waals surface area contributed by atoms with Gasteiger partial charge in [-0.2, -0.15) is 0 Å². The molecule has 3 aliphatic rings. The van der Waals surface area contributed by atoms with E-state index in [1.54, 1.807) is 24.3 Å². The summed E-state index contributed by atoms with van der Waals surface area (Å²) in [5.41, 5.74) is 3.50. The Morgan fingerprint density at radius 1 is 0.943 bits per heavy atom. The second-order valence-electron chi connectivity index (χ2n) is 16.3. The molecule has 1 saturated carbocycles. The fourth-order valence-corrected chi connectivity index (χ4v) is 8.96. The van der Waals surface area contributed by atoms with E-state index in [-0.39, 0.29) is 29.6 Å². The van der Waals surface area contributed by atoms with Crippen molar-refractivity contribution in [1.29, 1.82) is 0 Å². The van der Waals surface area contributed by atoms with Crippen LogP contribution in [0.15, 0.2) is 42.5 Å². The van der Waals surface area contributed by atoms with Gasteiger partial charge in [0.25, 0.3) is 0 Å². The summed E-state index contributed by atoms with van der Waals surface area (Å²) in [5.74, 6) is 7.73. The molecule has 3 aromatic rings. The van der Waals surface area contributed by atoms with Gasteiger partial charge in [0, 0.05) is 31.2 Å². The van der Waals surface area contributed by atoms with E-state index in [1.807, 2.05) is 18.2 Å². The van der Waals surface area contributed by atoms with Crippen LogP contribution < -0.4 is 10.1 Å². The number of carbonyl (C=O) groups excluding carboxylic acids is 2. The van der Waals surface area contributed by atoms with Crippen molar-refractivity contribution in [3.05, 3.63) is 64.7 Å². The van der Waals surface area contributed by atoms with Crippen molar-refractivity contribution in [2.75, 3.05) is 13.7 Å². The van der Waals surface area contributed by atoms with Crippen LogP contribution in [0.5, 0.6) is 17.2 Å². The highest BCUT2D eigenvalue weighted by Crippen LogP contribution is 2.39. The normalized spacial score (nSPS) is 24.3. The largest absolute Gasteiger partial charge is 0.508 e. The van der Waals surface area contributed by atoms with Crippen LogP contribution in [0, 0.1) is 35.5 Å². The number of hydrogen-bond acceptors (Lipinski definition) is 8. The van der Waals surface area contributed by atoms with Gasteiger partial charge in [-0.15, -0.1) is 0 Å². The molecule has 8 nitrogen and oxygen atoms in total. The predicted octanol–water partition coefficient (Wildman–Crippen LogP) is 7.46. The number of nitrogens with one attached hydrogen (secondary N) is 1. The number of aliphatic hydroxyl groups is 2. The lowest BCUT2D eigenvalue weighted by atomic mass is 9.74. The molecule has 0 bridgehead atoms. The van der Waals surface area contributed by atoms with Crippen LogP contribution in [0.25, 0.3) is 10.8 Å². The van der Waals surface area contributed by atoms with Crippen molar-refractivity contribution in [2.24, 2.45) is 23.7 Å². The molecule has 53 heavy (non-hydrogen) atoms. The number of ether oxygens (including phenoxy) is 1. The van der Waals surface area contributed by atoms with Crippen molar-refractivity contribution >= 4 is 22.3 Å². The number of methoxy groups -OCH3 is 1. The van der Waals surface area contributed by atoms with E-state index in [1.165, 1.54) is 7.11 Å². The molecular formula is C45H57NO7. The van der Waals surface area contributed by atoms with Crippen molar-refractivity contribution in [3.8, 4) is 29.1 Å². The van der Waals surface area contributed by atoms with E-state index >= 15 is 0 Å². The fraction of sp³-hybridized carbons (Fsp3) is 0.556. The Labute approximate surface area is 314 Å². The van der Waals surface area contributed by atoms with Gasteiger partial charge in [-0.05, 0) is 139 Å². The van der Waals surface area contributed by atoms with Crippen molar-refractivity contribution < 1.29 is 34.8 Å². The number of carbonyl (C=O) groups is 2. The van der Waals surface area contributed by atoms with Crippen LogP contribution in [0.3, 0.4) is 0 Å². The van der Waals surface area contributed by atoms with Gasteiger partial charge >= 0.3 is 0 Å². The van der Waals surface area contributed by atoms with Gasteiger partial charge in [-0.1, -0.05) is 50.7 Å². The molecule has 284 valence electrons. The van der Waals surface area contributed by atoms with Crippen LogP contribution in [0.2, 0.25) is 0 Å². The third kappa shape index (κ3) is 9.62. The first-order chi connectivity index (χ1) is 25.5. The van der Waals surface area contributed by atoms with Gasteiger partial charge in [-0.25, -0.2) is 0 Å². The maximum absolute atomic E-state index is 13.6. The van der Waals surface area contributed by atoms with E-state index in [9.17, 15) is 30.0 Å². The lowest BCUT2D eigenvalue weighted by molar-refractivity contribution is -0.124. The van der Waals surface area contributed by atoms with Crippen LogP contribution in [0.4, 0.5) is 0 Å². The first kappa shape index (κ1) is 38.8. The molecule has 8 heteroatoms. The number of aryl methyl sites for hydroxylation is 1. The van der Waals surface area contributed by atoms with Crippen molar-refractivity contribution in [2.45, 2.75) is 121 Å². The molecule has 1 heterocycles. The zero-order valence-corrected chi connectivity index (χ0v) is 31.6. The summed E-state index contributed by atoms with van der Waals surface area (Å²) >= 11 is 0. The molecule has 6 rings (SSSR count). The lowest BCUT2D eigenvalue weighted by Crippen LogP contribution is -2.48. The lowest BCUT2D eigenvalue weighted by Gasteiger charge is -2.39. The number of benzene rings is 3. The molecule has 1 saturated heterocycles. The molecule has 2 aliphatic carbocycles. The summed E-state index contributed by atoms with van der Waals surface area (Å²) in [6.45, 7) is 5.22. The fourth-order valence-electron chi connectivity index (χ4n) is 8.96. The van der Waals surface area contributed by atoms with Crippen LogP contribution in [-0.4, -0.2) is 57.8 Å². The molecule has 0 spiro atoms. The summed E-state index contributed by atoms with van der Waals surface area (Å²) in [6.07, 6.45) is 7.50. The molecule has 1 aliphatic heterocycles. The molecule has 0 amide bonds. The van der Waals surface area contributed by atoms with Crippen LogP contribution >= 0.6 is 0 Å². The zero-order valence-electron chi connectivity index (χ0n) is 31.6. The zero-order chi connectivity index (χ0) is 37.6. The first-order valence-corrected chi connectivity index (χ1v) is 19.8. The van der Waals surface area contributed by atoms with Gasteiger partial charge in [0.1, 0.15) is 17.5 Å². The monoisotopic (exact) mass is 723 g/mol. The van der Waals surface area contributed by atoms with Crippen molar-refractivity contribution in [3.63, 3.8) is 0 Å². The van der Waals surface area contributed by atoms with Gasteiger partial charge in [0.05, 0.1) is 19.3 Å². The number of phenolic OH excluding ortho intramolecular Hbond substituents is 2. The van der Waals surface area contributed by atoms with E-state index in [2.05, 4.69) is 31.0 Å². The third-order valence-corrected chi connectivity index (χ3v) is 11.9. The highest BCUT2D eigenvalue weighted by atomic mass is 16.5. The minimum atomic E-state index is -0.874. The number of aliphatic hydroxyl groups excluding tert-OH is 2. The topological polar surface area (TPSA) is 136 Å². The van der Waals surface area contributed by atoms with Gasteiger partial charge in [-0.3, -0.25) is 9.59 Å². The van der Waals surface area contributed by atoms with Crippen molar-refractivity contribution in [1.82, 2.24) is 5.32 Å². The Morgan fingerprint density at radius 2 is 1.77 bits per heavy atom. The quantitative estimate of drug-likeness (QED) is 0.0906. The number of piperidine rings is 1. The SMILES string of the molecule is COc1cc2c(cc1O)[C@H](CC[C@H](O)c1ccc3cc(O)cc(CC(C)C)c3c1)C#C[C@H]([C@H](O)CCCC[C@@H]1CN[C@@H]3CC(=O)CC[C@@H]3C1)C(=O)CC2. The number of rotatable bonds is 13. The number of Topliss-reactive ketones (excluding diaryl/α,β-unsaturated/α-hetero) is 2. The van der Waals surface area contributed by atoms with E-state index in [4.69, 9.17) is 4.74 Å². The third-order valence-electron chi connectivity index (χ3n) is 11.9. The molecule has 0 unspecified atom stereocenters. The minimum Gasteiger partial charge on any atom is -0.508 e. The average Bonchev–Trinajstić information content (AvgIpc) is 3.19. The van der Waals surface area contributed by atoms with E-state index in [0.717, 1.165) is 78.1 Å². The first-order valence-electron chi connectivity index (χ1n) is 19.8. The summed E-state index contributed by atoms with van der Waals surface area (Å²) in [4.78, 5) is 25.4. The number of hydrogen-bond donors (Lipinski definition) is 5. The van der Waals surface area contributed by atoms with Crippen LogP contribution in [-0.2, 0) is 22.4 Å². The Kier molecular flexibility index (Phi) is 12.8. The standard InChI is InChI=1S/C45H57NO7/c1-27(2)18-34-21-36(48)20-30-8-9-33(22-38(30)34)41(49)16-12-29-11-15-37(43(51)17-13-31-23-45(53-3)44(52)25-39(29)31)42(50)7-5-4-6-28-19-32-10-14-35(47)24-40(32)46-26-28/h8-9,20-23,25,27-29,32,37,40-42,46,48-50,52H,4-7,10,12-14,16-19,24,26H2,1-3H3/t28-,29-,32+,37+,40+,41-,42+/m0/s1. The van der Waals surface area contributed by atoms with Gasteiger partial charge in [0.2, 0.25) is 0 Å². The predicted molar refractivity (Wildman–Crippen MR) is 207 cm³/mol. The number of fused-ring (bicyclic) bond motifs is 3. The van der Waals surface area contributed by atoms with Gasteiger partial charge in [0.15, 0.2) is 17.3 Å². The smallest absolute Gasteiger partial charge is 0.160 e. The molecular weight excluding hydrogens is 666 g/mol. The molecule has 7 atom stereocenters. The number of aromatic hydroxyl groups is 2. The molecule has 0 radical (unpaired) electrons. The maximum atomic E-state index is 13.6. The molecule has 2 fully saturated rings. The Balaban J connectivity index is 1.14. The molecule has 3 aromatic carbocycles. The summed E-state index contributed by atoms with van der Waals surface area (Å²) in [7, 11) is 1.50. The highest BCUT2D eigenvalue weighted by Gasteiger charge is 2.34. The summed E-state index contributed by atoms with van der Waals surface area (Å²) < 4.78 is 5.41. The number of unbranched alkanes of at least 4 members (excludes halogenated alkanes) is 1. The second kappa shape index (κ2) is 17.5. The maximum Gasteiger partial charge on any atom is 0.160 e.